The minimum Gasteiger partial charge on any atom is -0.394 e. The van der Waals surface area contributed by atoms with Crippen LogP contribution in [-0.4, -0.2) is 22.4 Å². The first-order valence-electron chi connectivity index (χ1n) is 6.65. The van der Waals surface area contributed by atoms with Crippen LogP contribution in [0.5, 0.6) is 0 Å². The number of hydrogen-bond acceptors (Lipinski definition) is 3. The van der Waals surface area contributed by atoms with Gasteiger partial charge in [-0.05, 0) is 32.6 Å². The highest BCUT2D eigenvalue weighted by atomic mass is 15.4. The van der Waals surface area contributed by atoms with Crippen LogP contribution in [0.25, 0.3) is 0 Å². The first-order chi connectivity index (χ1) is 8.06. The van der Waals surface area contributed by atoms with Crippen LogP contribution in [0.4, 0.5) is 11.5 Å². The summed E-state index contributed by atoms with van der Waals surface area (Å²) in [4.78, 5) is 2.46. The zero-order valence-electron chi connectivity index (χ0n) is 11.4. The molecular weight excluding hydrogens is 212 g/mol. The molecule has 1 fully saturated rings. The highest BCUT2D eigenvalue weighted by Crippen LogP contribution is 2.34. The molecule has 2 rings (SSSR count). The van der Waals surface area contributed by atoms with Crippen molar-refractivity contribution < 1.29 is 0 Å². The molecule has 0 amide bonds. The van der Waals surface area contributed by atoms with Crippen molar-refractivity contribution in [1.82, 2.24) is 9.78 Å². The van der Waals surface area contributed by atoms with Crippen molar-refractivity contribution in [2.75, 3.05) is 17.2 Å². The molecule has 1 atom stereocenters. The summed E-state index contributed by atoms with van der Waals surface area (Å²) in [5, 5.41) is 4.52. The number of nitrogens with zero attached hydrogens (tertiary/aromatic N) is 3. The molecule has 1 unspecified atom stereocenters. The topological polar surface area (TPSA) is 47.1 Å². The Morgan fingerprint density at radius 2 is 2.18 bits per heavy atom. The lowest BCUT2D eigenvalue weighted by Crippen LogP contribution is -2.35. The van der Waals surface area contributed by atoms with E-state index in [4.69, 9.17) is 5.73 Å². The van der Waals surface area contributed by atoms with Gasteiger partial charge in [-0.15, -0.1) is 0 Å². The Balaban J connectivity index is 2.38. The molecule has 4 heteroatoms. The fourth-order valence-corrected chi connectivity index (χ4v) is 2.86. The van der Waals surface area contributed by atoms with Gasteiger partial charge in [0.1, 0.15) is 0 Å². The molecule has 0 spiro atoms. The van der Waals surface area contributed by atoms with Crippen molar-refractivity contribution in [3.63, 3.8) is 0 Å². The number of hydrogen-bond donors (Lipinski definition) is 1. The van der Waals surface area contributed by atoms with Gasteiger partial charge in [0, 0.05) is 19.1 Å². The maximum absolute atomic E-state index is 6.20. The standard InChI is InChI=1S/C13H24N4/c1-5-17-13(12(14)10(4)15-17)16-8-6-7-11(16)9(2)3/h9,11H,5-8,14H2,1-4H3. The molecule has 1 aliphatic rings. The van der Waals surface area contributed by atoms with E-state index in [9.17, 15) is 0 Å². The molecule has 4 nitrogen and oxygen atoms in total. The Kier molecular flexibility index (Phi) is 3.31. The van der Waals surface area contributed by atoms with Crippen molar-refractivity contribution in [3.05, 3.63) is 5.69 Å². The Hall–Kier alpha value is -1.19. The fourth-order valence-electron chi connectivity index (χ4n) is 2.86. The van der Waals surface area contributed by atoms with Crippen LogP contribution < -0.4 is 10.6 Å². The first kappa shape index (κ1) is 12.3. The van der Waals surface area contributed by atoms with Gasteiger partial charge in [-0.2, -0.15) is 5.10 Å². The summed E-state index contributed by atoms with van der Waals surface area (Å²) >= 11 is 0. The number of aryl methyl sites for hydroxylation is 2. The summed E-state index contributed by atoms with van der Waals surface area (Å²) in [5.74, 6) is 1.80. The molecule has 1 aromatic rings. The molecular formula is C13H24N4. The third-order valence-corrected chi connectivity index (χ3v) is 3.79. The van der Waals surface area contributed by atoms with Gasteiger partial charge in [0.2, 0.25) is 0 Å². The lowest BCUT2D eigenvalue weighted by Gasteiger charge is -2.30. The number of anilines is 2. The van der Waals surface area contributed by atoms with Crippen LogP contribution in [0, 0.1) is 12.8 Å². The average Bonchev–Trinajstić information content (AvgIpc) is 2.85. The van der Waals surface area contributed by atoms with Gasteiger partial charge in [-0.1, -0.05) is 13.8 Å². The summed E-state index contributed by atoms with van der Waals surface area (Å²) in [7, 11) is 0. The minimum atomic E-state index is 0.610. The smallest absolute Gasteiger partial charge is 0.150 e. The second-order valence-corrected chi connectivity index (χ2v) is 5.29. The number of aromatic nitrogens is 2. The van der Waals surface area contributed by atoms with Crippen molar-refractivity contribution in [1.29, 1.82) is 0 Å². The molecule has 1 saturated heterocycles. The molecule has 0 radical (unpaired) electrons. The first-order valence-corrected chi connectivity index (χ1v) is 6.65. The van der Waals surface area contributed by atoms with Crippen molar-refractivity contribution in [2.45, 2.75) is 53.1 Å². The molecule has 0 bridgehead atoms. The van der Waals surface area contributed by atoms with Gasteiger partial charge in [-0.25, -0.2) is 4.68 Å². The summed E-state index contributed by atoms with van der Waals surface area (Å²) in [6.07, 6.45) is 2.53. The van der Waals surface area contributed by atoms with Crippen molar-refractivity contribution in [3.8, 4) is 0 Å². The number of nitrogen functional groups attached to an aromatic ring is 1. The SMILES string of the molecule is CCn1nc(C)c(N)c1N1CCCC1C(C)C. The van der Waals surface area contributed by atoms with E-state index in [0.29, 0.717) is 12.0 Å². The van der Waals surface area contributed by atoms with E-state index in [1.165, 1.54) is 12.8 Å². The molecule has 2 N–H and O–H groups in total. The summed E-state index contributed by atoms with van der Waals surface area (Å²) in [6, 6.07) is 0.610. The monoisotopic (exact) mass is 236 g/mol. The second kappa shape index (κ2) is 4.59. The molecule has 17 heavy (non-hydrogen) atoms. The van der Waals surface area contributed by atoms with E-state index < -0.39 is 0 Å². The Morgan fingerprint density at radius 1 is 1.47 bits per heavy atom. The lowest BCUT2D eigenvalue weighted by molar-refractivity contribution is 0.481. The highest BCUT2D eigenvalue weighted by Gasteiger charge is 2.31. The van der Waals surface area contributed by atoms with E-state index >= 15 is 0 Å². The van der Waals surface area contributed by atoms with E-state index in [1.807, 2.05) is 11.6 Å². The molecule has 0 aliphatic carbocycles. The summed E-state index contributed by atoms with van der Waals surface area (Å²) in [6.45, 7) is 10.7. The normalized spacial score (nSPS) is 20.5. The van der Waals surface area contributed by atoms with E-state index in [0.717, 1.165) is 30.3 Å². The van der Waals surface area contributed by atoms with Gasteiger partial charge in [0.15, 0.2) is 5.82 Å². The molecule has 96 valence electrons. The highest BCUT2D eigenvalue weighted by molar-refractivity contribution is 5.67. The van der Waals surface area contributed by atoms with E-state index in [-0.39, 0.29) is 0 Å². The summed E-state index contributed by atoms with van der Waals surface area (Å²) < 4.78 is 2.05. The maximum Gasteiger partial charge on any atom is 0.150 e. The third kappa shape index (κ3) is 2.01. The molecule has 1 aliphatic heterocycles. The number of nitrogens with two attached hydrogens (primary N) is 1. The quantitative estimate of drug-likeness (QED) is 0.876. The fraction of sp³-hybridized carbons (Fsp3) is 0.769. The van der Waals surface area contributed by atoms with Gasteiger partial charge in [0.25, 0.3) is 0 Å². The van der Waals surface area contributed by atoms with Gasteiger partial charge < -0.3 is 10.6 Å². The predicted molar refractivity (Wildman–Crippen MR) is 72.3 cm³/mol. The van der Waals surface area contributed by atoms with Crippen LogP contribution >= 0.6 is 0 Å². The minimum absolute atomic E-state index is 0.610. The summed E-state index contributed by atoms with van der Waals surface area (Å²) in [5.41, 5.74) is 8.01. The zero-order valence-corrected chi connectivity index (χ0v) is 11.4. The van der Waals surface area contributed by atoms with Crippen LogP contribution in [0.1, 0.15) is 39.3 Å². The zero-order chi connectivity index (χ0) is 12.6. The lowest BCUT2D eigenvalue weighted by atomic mass is 10.0. The average molecular weight is 236 g/mol. The molecule has 2 heterocycles. The Bertz CT molecular complexity index is 394. The maximum atomic E-state index is 6.20. The van der Waals surface area contributed by atoms with Crippen LogP contribution in [-0.2, 0) is 6.54 Å². The van der Waals surface area contributed by atoms with E-state index in [1.54, 1.807) is 0 Å². The molecule has 0 saturated carbocycles. The van der Waals surface area contributed by atoms with Crippen molar-refractivity contribution >= 4 is 11.5 Å². The largest absolute Gasteiger partial charge is 0.394 e. The second-order valence-electron chi connectivity index (χ2n) is 5.29. The van der Waals surface area contributed by atoms with Crippen molar-refractivity contribution in [2.24, 2.45) is 5.92 Å². The van der Waals surface area contributed by atoms with Crippen LogP contribution in [0.15, 0.2) is 0 Å². The van der Waals surface area contributed by atoms with E-state index in [2.05, 4.69) is 30.8 Å². The number of rotatable bonds is 3. The third-order valence-electron chi connectivity index (χ3n) is 3.79. The Labute approximate surface area is 104 Å². The van der Waals surface area contributed by atoms with Gasteiger partial charge in [0.05, 0.1) is 11.4 Å². The van der Waals surface area contributed by atoms with Crippen LogP contribution in [0.2, 0.25) is 0 Å². The Morgan fingerprint density at radius 3 is 2.76 bits per heavy atom. The predicted octanol–water partition coefficient (Wildman–Crippen LogP) is 2.42. The van der Waals surface area contributed by atoms with Crippen LogP contribution in [0.3, 0.4) is 0 Å². The molecule has 1 aromatic heterocycles. The van der Waals surface area contributed by atoms with Gasteiger partial charge >= 0.3 is 0 Å². The molecule has 0 aromatic carbocycles. The van der Waals surface area contributed by atoms with Gasteiger partial charge in [-0.3, -0.25) is 0 Å².